The van der Waals surface area contributed by atoms with Gasteiger partial charge in [0.1, 0.15) is 24.3 Å². The van der Waals surface area contributed by atoms with Gasteiger partial charge in [0.15, 0.2) is 0 Å². The van der Waals surface area contributed by atoms with Gasteiger partial charge in [-0.2, -0.15) is 9.97 Å². The van der Waals surface area contributed by atoms with E-state index >= 15 is 4.39 Å². The zero-order valence-electron chi connectivity index (χ0n) is 23.3. The van der Waals surface area contributed by atoms with E-state index in [-0.39, 0.29) is 17.1 Å². The number of phenolic OH excluding ortho intramolecular Hbond substituents is 1. The summed E-state index contributed by atoms with van der Waals surface area (Å²) in [6.45, 7) is 2.97. The Morgan fingerprint density at radius 1 is 1.12 bits per heavy atom. The molecule has 2 bridgehead atoms. The number of anilines is 1. The standard InChI is InChI=1S/C32H37F2N5O2/c33-21-15-32(8-2-9-39(32)16-21)18-41-31-36-27-17-38(28-14-24(40)13-19-3-1-4-26(34)29(19)28)10-7-25(27)30(37-31)20-11-22-5-6-23(12-20)35-22/h1,3-4,13-14,20-23,35,40H,2,5-12,15-18H2/t20?,21-,22?,23?,32+/m1/s1. The highest BCUT2D eigenvalue weighted by atomic mass is 19.1. The van der Waals surface area contributed by atoms with Crippen LogP contribution < -0.4 is 15.0 Å². The topological polar surface area (TPSA) is 73.8 Å². The number of nitrogens with zero attached hydrogens (tertiary/aromatic N) is 4. The van der Waals surface area contributed by atoms with Crippen LogP contribution in [0.15, 0.2) is 30.3 Å². The maximum atomic E-state index is 15.1. The van der Waals surface area contributed by atoms with E-state index in [2.05, 4.69) is 15.1 Å². The van der Waals surface area contributed by atoms with E-state index in [9.17, 15) is 9.50 Å². The highest BCUT2D eigenvalue weighted by molar-refractivity contribution is 5.96. The molecule has 4 fully saturated rings. The number of rotatable bonds is 5. The normalized spacial score (nSPS) is 31.0. The Labute approximate surface area is 238 Å². The number of halogens is 2. The van der Waals surface area contributed by atoms with Crippen molar-refractivity contribution < 1.29 is 18.6 Å². The fraction of sp³-hybridized carbons (Fsp3) is 0.562. The molecule has 6 heterocycles. The van der Waals surface area contributed by atoms with E-state index in [1.807, 2.05) is 6.07 Å². The van der Waals surface area contributed by atoms with Crippen molar-refractivity contribution >= 4 is 16.5 Å². The van der Waals surface area contributed by atoms with Gasteiger partial charge in [0.05, 0.1) is 29.2 Å². The second kappa shape index (κ2) is 9.76. The molecule has 4 atom stereocenters. The minimum Gasteiger partial charge on any atom is -0.508 e. The molecule has 216 valence electrons. The van der Waals surface area contributed by atoms with Crippen LogP contribution in [0.5, 0.6) is 11.8 Å². The first-order valence-corrected chi connectivity index (χ1v) is 15.3. The highest BCUT2D eigenvalue weighted by Crippen LogP contribution is 2.43. The molecular formula is C32H37F2N5O2. The van der Waals surface area contributed by atoms with Crippen molar-refractivity contribution in [1.82, 2.24) is 20.2 Å². The van der Waals surface area contributed by atoms with E-state index in [1.165, 1.54) is 24.5 Å². The number of aromatic nitrogens is 2. The number of nitrogens with one attached hydrogen (secondary N) is 1. The Bertz CT molecular complexity index is 1490. The van der Waals surface area contributed by atoms with Crippen LogP contribution in [0.1, 0.15) is 67.8 Å². The lowest BCUT2D eigenvalue weighted by molar-refractivity contribution is 0.106. The molecule has 0 aliphatic carbocycles. The summed E-state index contributed by atoms with van der Waals surface area (Å²) in [6, 6.07) is 9.66. The summed E-state index contributed by atoms with van der Waals surface area (Å²) in [7, 11) is 0. The second-order valence-electron chi connectivity index (χ2n) is 13.0. The van der Waals surface area contributed by atoms with Crippen molar-refractivity contribution in [3.05, 3.63) is 53.1 Å². The lowest BCUT2D eigenvalue weighted by Gasteiger charge is -2.35. The highest BCUT2D eigenvalue weighted by Gasteiger charge is 2.49. The molecule has 0 spiro atoms. The smallest absolute Gasteiger partial charge is 0.316 e. The van der Waals surface area contributed by atoms with Crippen LogP contribution in [-0.2, 0) is 13.0 Å². The SMILES string of the molecule is Oc1cc(N2CCc3c(nc(OC[C@@]45CCCN4C[C@H](F)C5)nc3C3CC4CCC(C3)N4)C2)c2c(F)cccc2c1. The molecule has 0 radical (unpaired) electrons. The molecule has 2 N–H and O–H groups in total. The summed E-state index contributed by atoms with van der Waals surface area (Å²) in [6.07, 6.45) is 6.99. The Kier molecular flexibility index (Phi) is 6.11. The molecule has 41 heavy (non-hydrogen) atoms. The molecule has 5 aliphatic rings. The van der Waals surface area contributed by atoms with Crippen molar-refractivity contribution in [2.45, 2.75) is 87.6 Å². The van der Waals surface area contributed by atoms with Crippen molar-refractivity contribution in [3.63, 3.8) is 0 Å². The molecule has 5 aliphatic heterocycles. The third-order valence-corrected chi connectivity index (χ3v) is 10.4. The molecule has 9 heteroatoms. The van der Waals surface area contributed by atoms with E-state index in [1.54, 1.807) is 18.2 Å². The predicted octanol–water partition coefficient (Wildman–Crippen LogP) is 4.99. The minimum atomic E-state index is -0.810. The maximum Gasteiger partial charge on any atom is 0.316 e. The molecule has 8 rings (SSSR count). The van der Waals surface area contributed by atoms with Crippen LogP contribution in [0.4, 0.5) is 14.5 Å². The number of fused-ring (bicyclic) bond motifs is 5. The third-order valence-electron chi connectivity index (χ3n) is 10.4. The van der Waals surface area contributed by atoms with Crippen molar-refractivity contribution in [2.75, 3.05) is 31.1 Å². The molecule has 7 nitrogen and oxygen atoms in total. The number of piperidine rings is 1. The first-order valence-electron chi connectivity index (χ1n) is 15.3. The molecule has 0 amide bonds. The van der Waals surface area contributed by atoms with E-state index in [0.29, 0.717) is 73.1 Å². The van der Waals surface area contributed by atoms with Crippen LogP contribution >= 0.6 is 0 Å². The lowest BCUT2D eigenvalue weighted by atomic mass is 9.85. The van der Waals surface area contributed by atoms with Gasteiger partial charge in [-0.05, 0) is 74.6 Å². The summed E-state index contributed by atoms with van der Waals surface area (Å²) < 4.78 is 35.9. The number of benzene rings is 2. The summed E-state index contributed by atoms with van der Waals surface area (Å²) in [5.74, 6) is 0.162. The summed E-state index contributed by atoms with van der Waals surface area (Å²) in [5.41, 5.74) is 3.61. The molecular weight excluding hydrogens is 524 g/mol. The first-order chi connectivity index (χ1) is 19.9. The van der Waals surface area contributed by atoms with E-state index in [4.69, 9.17) is 14.7 Å². The average molecular weight is 562 g/mol. The molecule has 4 saturated heterocycles. The molecule has 2 aromatic carbocycles. The fourth-order valence-electron chi connectivity index (χ4n) is 8.57. The Hall–Kier alpha value is -3.04. The van der Waals surface area contributed by atoms with E-state index < -0.39 is 6.17 Å². The number of hydrogen-bond donors (Lipinski definition) is 2. The number of phenols is 1. The fourth-order valence-corrected chi connectivity index (χ4v) is 8.57. The van der Waals surface area contributed by atoms with Crippen molar-refractivity contribution in [3.8, 4) is 11.8 Å². The Balaban J connectivity index is 1.15. The summed E-state index contributed by atoms with van der Waals surface area (Å²) in [5, 5.41) is 15.4. The van der Waals surface area contributed by atoms with Crippen LogP contribution in [0.3, 0.4) is 0 Å². The minimum absolute atomic E-state index is 0.115. The Morgan fingerprint density at radius 3 is 2.83 bits per heavy atom. The largest absolute Gasteiger partial charge is 0.508 e. The quantitative estimate of drug-likeness (QED) is 0.455. The van der Waals surface area contributed by atoms with Crippen molar-refractivity contribution in [1.29, 1.82) is 0 Å². The number of hydrogen-bond acceptors (Lipinski definition) is 7. The Morgan fingerprint density at radius 2 is 1.98 bits per heavy atom. The maximum absolute atomic E-state index is 15.1. The third kappa shape index (κ3) is 4.43. The van der Waals surface area contributed by atoms with Crippen LogP contribution in [-0.4, -0.2) is 70.0 Å². The first kappa shape index (κ1) is 25.7. The zero-order valence-corrected chi connectivity index (χ0v) is 23.3. The molecule has 0 saturated carbocycles. The van der Waals surface area contributed by atoms with Crippen LogP contribution in [0.25, 0.3) is 10.8 Å². The zero-order chi connectivity index (χ0) is 27.7. The van der Waals surface area contributed by atoms with Gasteiger partial charge in [0.25, 0.3) is 0 Å². The number of aromatic hydroxyl groups is 1. The van der Waals surface area contributed by atoms with Gasteiger partial charge in [0.2, 0.25) is 0 Å². The molecule has 3 aromatic rings. The summed E-state index contributed by atoms with van der Waals surface area (Å²) in [4.78, 5) is 14.4. The number of ether oxygens (including phenoxy) is 1. The predicted molar refractivity (Wildman–Crippen MR) is 153 cm³/mol. The van der Waals surface area contributed by atoms with Gasteiger partial charge >= 0.3 is 6.01 Å². The lowest BCUT2D eigenvalue weighted by Crippen LogP contribution is -2.43. The van der Waals surface area contributed by atoms with Crippen LogP contribution in [0.2, 0.25) is 0 Å². The molecule has 1 aromatic heterocycles. The van der Waals surface area contributed by atoms with Gasteiger partial charge in [0, 0.05) is 49.0 Å². The van der Waals surface area contributed by atoms with Crippen molar-refractivity contribution in [2.24, 2.45) is 0 Å². The molecule has 2 unspecified atom stereocenters. The monoisotopic (exact) mass is 561 g/mol. The van der Waals surface area contributed by atoms with Gasteiger partial charge in [-0.1, -0.05) is 12.1 Å². The van der Waals surface area contributed by atoms with Crippen LogP contribution in [0, 0.1) is 5.82 Å². The van der Waals surface area contributed by atoms with Gasteiger partial charge in [-0.25, -0.2) is 8.78 Å². The second-order valence-corrected chi connectivity index (χ2v) is 13.0. The van der Waals surface area contributed by atoms with Gasteiger partial charge < -0.3 is 20.1 Å². The number of alkyl halides is 1. The van der Waals surface area contributed by atoms with Gasteiger partial charge in [-0.3, -0.25) is 4.90 Å². The van der Waals surface area contributed by atoms with Gasteiger partial charge in [-0.15, -0.1) is 0 Å². The average Bonchev–Trinajstić information content (AvgIpc) is 3.61. The van der Waals surface area contributed by atoms with E-state index in [0.717, 1.165) is 50.0 Å². The summed E-state index contributed by atoms with van der Waals surface area (Å²) >= 11 is 0.